The molecule has 0 radical (unpaired) electrons. The molecule has 0 bridgehead atoms. The van der Waals surface area contributed by atoms with Crippen molar-refractivity contribution in [1.82, 2.24) is 5.32 Å². The maximum Gasteiger partial charge on any atom is 0.104 e. The van der Waals surface area contributed by atoms with E-state index in [0.717, 1.165) is 19.4 Å². The Morgan fingerprint density at radius 1 is 1.50 bits per heavy atom. The number of nitrogens with one attached hydrogen (secondary N) is 1. The van der Waals surface area contributed by atoms with E-state index in [9.17, 15) is 5.26 Å². The van der Waals surface area contributed by atoms with Gasteiger partial charge in [-0.05, 0) is 46.5 Å². The zero-order chi connectivity index (χ0) is 13.4. The topological polar surface area (TPSA) is 54.3 Å². The Morgan fingerprint density at radius 3 is 2.78 bits per heavy atom. The van der Waals surface area contributed by atoms with Gasteiger partial charge in [-0.3, -0.25) is 5.32 Å². The van der Waals surface area contributed by atoms with E-state index in [0.29, 0.717) is 19.3 Å². The zero-order valence-corrected chi connectivity index (χ0v) is 11.9. The summed E-state index contributed by atoms with van der Waals surface area (Å²) in [6.45, 7) is 8.04. The number of hydrogen-bond donors (Lipinski definition) is 1. The molecule has 2 unspecified atom stereocenters. The minimum Gasteiger partial charge on any atom is -0.379 e. The van der Waals surface area contributed by atoms with E-state index in [2.05, 4.69) is 11.4 Å². The minimum absolute atomic E-state index is 0.134. The van der Waals surface area contributed by atoms with E-state index in [1.54, 1.807) is 0 Å². The highest BCUT2D eigenvalue weighted by molar-refractivity contribution is 5.06. The van der Waals surface area contributed by atoms with Crippen LogP contribution >= 0.6 is 0 Å². The summed E-state index contributed by atoms with van der Waals surface area (Å²) in [5, 5.41) is 12.6. The van der Waals surface area contributed by atoms with Crippen LogP contribution in [0.4, 0.5) is 0 Å². The zero-order valence-electron chi connectivity index (χ0n) is 11.9. The minimum atomic E-state index is -0.395. The third kappa shape index (κ3) is 6.34. The SMILES string of the molecule is CCOCC(C)OCCCC(C)(C#N)NC1CC1. The second-order valence-electron chi connectivity index (χ2n) is 5.31. The molecular formula is C14H26N2O2. The van der Waals surface area contributed by atoms with E-state index < -0.39 is 5.54 Å². The molecule has 4 nitrogen and oxygen atoms in total. The predicted octanol–water partition coefficient (Wildman–Crippen LogP) is 2.24. The molecule has 1 aliphatic rings. The molecule has 0 heterocycles. The van der Waals surface area contributed by atoms with Crippen LogP contribution in [0.5, 0.6) is 0 Å². The average molecular weight is 254 g/mol. The van der Waals surface area contributed by atoms with Crippen molar-refractivity contribution < 1.29 is 9.47 Å². The first-order chi connectivity index (χ1) is 8.59. The summed E-state index contributed by atoms with van der Waals surface area (Å²) in [6, 6.07) is 2.94. The van der Waals surface area contributed by atoms with Crippen molar-refractivity contribution in [3.63, 3.8) is 0 Å². The second-order valence-corrected chi connectivity index (χ2v) is 5.31. The lowest BCUT2D eigenvalue weighted by Gasteiger charge is -2.23. The smallest absolute Gasteiger partial charge is 0.104 e. The van der Waals surface area contributed by atoms with Crippen LogP contribution in [0.3, 0.4) is 0 Å². The van der Waals surface area contributed by atoms with Crippen LogP contribution in [0.15, 0.2) is 0 Å². The van der Waals surface area contributed by atoms with Gasteiger partial charge in [-0.15, -0.1) is 0 Å². The summed E-state index contributed by atoms with van der Waals surface area (Å²) in [7, 11) is 0. The van der Waals surface area contributed by atoms with Crippen molar-refractivity contribution in [2.45, 2.75) is 64.1 Å². The molecule has 0 saturated heterocycles. The Hall–Kier alpha value is -0.630. The Bertz CT molecular complexity index is 273. The predicted molar refractivity (Wildman–Crippen MR) is 71.3 cm³/mol. The summed E-state index contributed by atoms with van der Waals surface area (Å²) in [6.07, 6.45) is 4.29. The summed E-state index contributed by atoms with van der Waals surface area (Å²) in [4.78, 5) is 0. The Morgan fingerprint density at radius 2 is 2.22 bits per heavy atom. The molecule has 1 fully saturated rings. The van der Waals surface area contributed by atoms with Gasteiger partial charge in [0, 0.05) is 19.3 Å². The lowest BCUT2D eigenvalue weighted by Crippen LogP contribution is -2.42. The molecule has 1 rings (SSSR count). The van der Waals surface area contributed by atoms with E-state index >= 15 is 0 Å². The Labute approximate surface area is 111 Å². The molecule has 1 aliphatic carbocycles. The van der Waals surface area contributed by atoms with Crippen LogP contribution in [-0.2, 0) is 9.47 Å². The molecule has 1 saturated carbocycles. The lowest BCUT2D eigenvalue weighted by molar-refractivity contribution is -0.00545. The Kier molecular flexibility index (Phi) is 6.62. The van der Waals surface area contributed by atoms with E-state index in [-0.39, 0.29) is 6.10 Å². The van der Waals surface area contributed by atoms with Gasteiger partial charge < -0.3 is 9.47 Å². The van der Waals surface area contributed by atoms with Gasteiger partial charge in [-0.2, -0.15) is 5.26 Å². The van der Waals surface area contributed by atoms with Crippen molar-refractivity contribution in [1.29, 1.82) is 5.26 Å². The Balaban J connectivity index is 2.09. The van der Waals surface area contributed by atoms with Gasteiger partial charge in [0.05, 0.1) is 18.8 Å². The molecule has 4 heteroatoms. The maximum atomic E-state index is 9.21. The highest BCUT2D eigenvalue weighted by Crippen LogP contribution is 2.24. The molecule has 0 aromatic rings. The van der Waals surface area contributed by atoms with Gasteiger partial charge in [-0.1, -0.05) is 0 Å². The number of nitriles is 1. The molecular weight excluding hydrogens is 228 g/mol. The molecule has 1 N–H and O–H groups in total. The van der Waals surface area contributed by atoms with Crippen molar-refractivity contribution in [2.24, 2.45) is 0 Å². The quantitative estimate of drug-likeness (QED) is 0.607. The molecule has 2 atom stereocenters. The number of rotatable bonds is 10. The van der Waals surface area contributed by atoms with Crippen LogP contribution in [0, 0.1) is 11.3 Å². The van der Waals surface area contributed by atoms with Gasteiger partial charge in [0.1, 0.15) is 5.54 Å². The third-order valence-corrected chi connectivity index (χ3v) is 3.13. The second kappa shape index (κ2) is 7.73. The monoisotopic (exact) mass is 254 g/mol. The fraction of sp³-hybridized carbons (Fsp3) is 0.929. The van der Waals surface area contributed by atoms with Crippen molar-refractivity contribution in [3.8, 4) is 6.07 Å². The third-order valence-electron chi connectivity index (χ3n) is 3.13. The largest absolute Gasteiger partial charge is 0.379 e. The van der Waals surface area contributed by atoms with Crippen molar-refractivity contribution >= 4 is 0 Å². The van der Waals surface area contributed by atoms with E-state index in [1.807, 2.05) is 20.8 Å². The first kappa shape index (κ1) is 15.4. The lowest BCUT2D eigenvalue weighted by atomic mass is 9.98. The van der Waals surface area contributed by atoms with Gasteiger partial charge in [0.25, 0.3) is 0 Å². The number of ether oxygens (including phenoxy) is 2. The average Bonchev–Trinajstić information content (AvgIpc) is 3.16. The van der Waals surface area contributed by atoms with Crippen LogP contribution in [-0.4, -0.2) is 37.5 Å². The normalized spacial score (nSPS) is 20.1. The van der Waals surface area contributed by atoms with Crippen LogP contribution < -0.4 is 5.32 Å². The molecule has 18 heavy (non-hydrogen) atoms. The molecule has 104 valence electrons. The van der Waals surface area contributed by atoms with Crippen LogP contribution in [0.25, 0.3) is 0 Å². The van der Waals surface area contributed by atoms with Gasteiger partial charge in [0.15, 0.2) is 0 Å². The fourth-order valence-corrected chi connectivity index (χ4v) is 1.88. The first-order valence-corrected chi connectivity index (χ1v) is 6.98. The fourth-order valence-electron chi connectivity index (χ4n) is 1.88. The van der Waals surface area contributed by atoms with Crippen LogP contribution in [0.1, 0.15) is 46.5 Å². The number of nitrogens with zero attached hydrogens (tertiary/aromatic N) is 1. The molecule has 0 aromatic heterocycles. The van der Waals surface area contributed by atoms with Gasteiger partial charge in [-0.25, -0.2) is 0 Å². The van der Waals surface area contributed by atoms with Crippen molar-refractivity contribution in [2.75, 3.05) is 19.8 Å². The van der Waals surface area contributed by atoms with E-state index in [4.69, 9.17) is 9.47 Å². The molecule has 0 amide bonds. The van der Waals surface area contributed by atoms with E-state index in [1.165, 1.54) is 12.8 Å². The molecule has 0 spiro atoms. The number of hydrogen-bond acceptors (Lipinski definition) is 4. The summed E-state index contributed by atoms with van der Waals surface area (Å²) < 4.78 is 10.9. The van der Waals surface area contributed by atoms with Crippen LogP contribution in [0.2, 0.25) is 0 Å². The standard InChI is InChI=1S/C14H26N2O2/c1-4-17-10-12(2)18-9-5-8-14(3,11-15)16-13-6-7-13/h12-13,16H,4-10H2,1-3H3. The highest BCUT2D eigenvalue weighted by atomic mass is 16.5. The van der Waals surface area contributed by atoms with Gasteiger partial charge in [0.2, 0.25) is 0 Å². The summed E-state index contributed by atoms with van der Waals surface area (Å²) >= 11 is 0. The summed E-state index contributed by atoms with van der Waals surface area (Å²) in [5.74, 6) is 0. The highest BCUT2D eigenvalue weighted by Gasteiger charge is 2.31. The molecule has 0 aromatic carbocycles. The first-order valence-electron chi connectivity index (χ1n) is 6.98. The maximum absolute atomic E-state index is 9.21. The van der Waals surface area contributed by atoms with Gasteiger partial charge >= 0.3 is 0 Å². The summed E-state index contributed by atoms with van der Waals surface area (Å²) in [5.41, 5.74) is -0.395. The molecule has 0 aliphatic heterocycles. The van der Waals surface area contributed by atoms with Crippen molar-refractivity contribution in [3.05, 3.63) is 0 Å².